The van der Waals surface area contributed by atoms with Gasteiger partial charge in [-0.2, -0.15) is 0 Å². The number of hydrogen-bond acceptors (Lipinski definition) is 5. The van der Waals surface area contributed by atoms with Crippen molar-refractivity contribution >= 4 is 38.9 Å². The number of rotatable bonds is 7. The Kier molecular flexibility index (Phi) is 5.99. The third-order valence-corrected chi connectivity index (χ3v) is 5.04. The van der Waals surface area contributed by atoms with Crippen molar-refractivity contribution in [2.24, 2.45) is 0 Å². The molecule has 21 heavy (non-hydrogen) atoms. The highest BCUT2D eigenvalue weighted by atomic mass is 79.9. The molecule has 0 aliphatic rings. The van der Waals surface area contributed by atoms with Crippen LogP contribution in [0, 0.1) is 0 Å². The van der Waals surface area contributed by atoms with Gasteiger partial charge in [-0.15, -0.1) is 11.3 Å². The molecule has 0 saturated carbocycles. The van der Waals surface area contributed by atoms with Gasteiger partial charge in [-0.1, -0.05) is 20.8 Å². The molecule has 0 atom stereocenters. The number of nitrogens with one attached hydrogen (secondary N) is 2. The Morgan fingerprint density at radius 1 is 1.24 bits per heavy atom. The summed E-state index contributed by atoms with van der Waals surface area (Å²) in [4.78, 5) is 10.1. The zero-order chi connectivity index (χ0) is 15.2. The van der Waals surface area contributed by atoms with E-state index in [4.69, 9.17) is 0 Å². The van der Waals surface area contributed by atoms with Gasteiger partial charge in [-0.05, 0) is 39.7 Å². The summed E-state index contributed by atoms with van der Waals surface area (Å²) in [6.07, 6.45) is 2.70. The fourth-order valence-electron chi connectivity index (χ4n) is 2.08. The molecule has 0 amide bonds. The van der Waals surface area contributed by atoms with E-state index in [0.717, 1.165) is 41.2 Å². The quantitative estimate of drug-likeness (QED) is 0.732. The summed E-state index contributed by atoms with van der Waals surface area (Å²) in [7, 11) is 0. The van der Waals surface area contributed by atoms with Crippen molar-refractivity contribution in [2.45, 2.75) is 39.7 Å². The first kappa shape index (κ1) is 16.2. The van der Waals surface area contributed by atoms with Gasteiger partial charge >= 0.3 is 0 Å². The molecule has 4 nitrogen and oxygen atoms in total. The van der Waals surface area contributed by atoms with Crippen LogP contribution in [-0.2, 0) is 6.54 Å². The third-order valence-electron chi connectivity index (χ3n) is 3.11. The zero-order valence-electron chi connectivity index (χ0n) is 12.6. The molecule has 0 fully saturated rings. The van der Waals surface area contributed by atoms with E-state index in [9.17, 15) is 0 Å². The predicted octanol–water partition coefficient (Wildman–Crippen LogP) is 4.86. The molecule has 0 bridgehead atoms. The van der Waals surface area contributed by atoms with Gasteiger partial charge in [-0.3, -0.25) is 0 Å². The third kappa shape index (κ3) is 4.17. The van der Waals surface area contributed by atoms with Crippen LogP contribution >= 0.6 is 27.3 Å². The smallest absolute Gasteiger partial charge is 0.135 e. The minimum Gasteiger partial charge on any atom is -0.370 e. The molecule has 0 spiro atoms. The Morgan fingerprint density at radius 3 is 2.52 bits per heavy atom. The van der Waals surface area contributed by atoms with Crippen LogP contribution in [-0.4, -0.2) is 16.5 Å². The average Bonchev–Trinajstić information content (AvgIpc) is 2.87. The van der Waals surface area contributed by atoms with E-state index in [1.165, 1.54) is 4.88 Å². The Bertz CT molecular complexity index is 583. The maximum atomic E-state index is 4.42. The second kappa shape index (κ2) is 7.75. The number of anilines is 2. The highest BCUT2D eigenvalue weighted by Crippen LogP contribution is 2.30. The SMILES string of the molecule is CCCNc1ncnc(NCc2sccc2Br)c1C(C)C. The minimum absolute atomic E-state index is 0.361. The monoisotopic (exact) mass is 368 g/mol. The largest absolute Gasteiger partial charge is 0.370 e. The second-order valence-corrected chi connectivity index (χ2v) is 6.97. The minimum atomic E-state index is 0.361. The molecular weight excluding hydrogens is 348 g/mol. The van der Waals surface area contributed by atoms with Crippen molar-refractivity contribution in [3.63, 3.8) is 0 Å². The van der Waals surface area contributed by atoms with Crippen molar-refractivity contribution in [3.05, 3.63) is 32.7 Å². The summed E-state index contributed by atoms with van der Waals surface area (Å²) in [5.41, 5.74) is 1.15. The van der Waals surface area contributed by atoms with Gasteiger partial charge in [-0.25, -0.2) is 9.97 Å². The molecular formula is C15H21BrN4S. The van der Waals surface area contributed by atoms with Gasteiger partial charge in [0.15, 0.2) is 0 Å². The molecule has 2 heterocycles. The number of hydrogen-bond donors (Lipinski definition) is 2. The molecule has 0 unspecified atom stereocenters. The lowest BCUT2D eigenvalue weighted by Gasteiger charge is -2.17. The Hall–Kier alpha value is -1.14. The van der Waals surface area contributed by atoms with Crippen molar-refractivity contribution in [1.82, 2.24) is 9.97 Å². The van der Waals surface area contributed by atoms with Crippen LogP contribution in [0.5, 0.6) is 0 Å². The first-order chi connectivity index (χ1) is 10.1. The Balaban J connectivity index is 2.19. The predicted molar refractivity (Wildman–Crippen MR) is 94.2 cm³/mol. The highest BCUT2D eigenvalue weighted by Gasteiger charge is 2.15. The number of aromatic nitrogens is 2. The Morgan fingerprint density at radius 2 is 1.95 bits per heavy atom. The normalized spacial score (nSPS) is 10.9. The first-order valence-electron chi connectivity index (χ1n) is 7.18. The van der Waals surface area contributed by atoms with E-state index in [2.05, 4.69) is 68.7 Å². The first-order valence-corrected chi connectivity index (χ1v) is 8.85. The molecule has 2 aromatic heterocycles. The van der Waals surface area contributed by atoms with Gasteiger partial charge in [0.1, 0.15) is 18.0 Å². The summed E-state index contributed by atoms with van der Waals surface area (Å²) in [5.74, 6) is 2.22. The second-order valence-electron chi connectivity index (χ2n) is 5.11. The van der Waals surface area contributed by atoms with E-state index in [1.807, 2.05) is 0 Å². The highest BCUT2D eigenvalue weighted by molar-refractivity contribution is 9.10. The molecule has 2 rings (SSSR count). The van der Waals surface area contributed by atoms with Gasteiger partial charge in [0.2, 0.25) is 0 Å². The van der Waals surface area contributed by atoms with Gasteiger partial charge < -0.3 is 10.6 Å². The lowest BCUT2D eigenvalue weighted by atomic mass is 10.0. The van der Waals surface area contributed by atoms with Crippen molar-refractivity contribution < 1.29 is 0 Å². The summed E-state index contributed by atoms with van der Waals surface area (Å²) < 4.78 is 1.14. The molecule has 0 aliphatic heterocycles. The zero-order valence-corrected chi connectivity index (χ0v) is 15.0. The number of halogens is 1. The van der Waals surface area contributed by atoms with Crippen LogP contribution in [0.1, 0.15) is 43.6 Å². The standard InChI is InChI=1S/C15H21BrN4S/c1-4-6-17-14-13(10(2)3)15(20-9-19-14)18-8-12-11(16)5-7-21-12/h5,7,9-10H,4,6,8H2,1-3H3,(H2,17,18,19,20). The summed E-state index contributed by atoms with van der Waals surface area (Å²) in [6.45, 7) is 8.18. The molecule has 2 N–H and O–H groups in total. The number of thiophene rings is 1. The average molecular weight is 369 g/mol. The van der Waals surface area contributed by atoms with Crippen LogP contribution in [0.25, 0.3) is 0 Å². The van der Waals surface area contributed by atoms with E-state index in [1.54, 1.807) is 17.7 Å². The molecule has 0 aliphatic carbocycles. The van der Waals surface area contributed by atoms with Gasteiger partial charge in [0, 0.05) is 21.5 Å². The van der Waals surface area contributed by atoms with Gasteiger partial charge in [0.05, 0.1) is 6.54 Å². The summed E-state index contributed by atoms with van der Waals surface area (Å²) >= 11 is 5.29. The van der Waals surface area contributed by atoms with Crippen LogP contribution in [0.4, 0.5) is 11.6 Å². The van der Waals surface area contributed by atoms with E-state index >= 15 is 0 Å². The van der Waals surface area contributed by atoms with Crippen molar-refractivity contribution in [3.8, 4) is 0 Å². The molecule has 6 heteroatoms. The summed E-state index contributed by atoms with van der Waals surface area (Å²) in [5, 5.41) is 8.92. The molecule has 2 aromatic rings. The van der Waals surface area contributed by atoms with Crippen LogP contribution in [0.15, 0.2) is 22.2 Å². The van der Waals surface area contributed by atoms with Crippen molar-refractivity contribution in [1.29, 1.82) is 0 Å². The fraction of sp³-hybridized carbons (Fsp3) is 0.467. The fourth-order valence-corrected chi connectivity index (χ4v) is 3.52. The topological polar surface area (TPSA) is 49.8 Å². The lowest BCUT2D eigenvalue weighted by Crippen LogP contribution is -2.11. The van der Waals surface area contributed by atoms with Crippen molar-refractivity contribution in [2.75, 3.05) is 17.2 Å². The van der Waals surface area contributed by atoms with Crippen LogP contribution < -0.4 is 10.6 Å². The molecule has 0 aromatic carbocycles. The maximum Gasteiger partial charge on any atom is 0.135 e. The Labute approximate surface area is 138 Å². The van der Waals surface area contributed by atoms with E-state index < -0.39 is 0 Å². The van der Waals surface area contributed by atoms with Gasteiger partial charge in [0.25, 0.3) is 0 Å². The molecule has 0 saturated heterocycles. The van der Waals surface area contributed by atoms with Crippen LogP contribution in [0.2, 0.25) is 0 Å². The van der Waals surface area contributed by atoms with E-state index in [-0.39, 0.29) is 0 Å². The molecule has 114 valence electrons. The van der Waals surface area contributed by atoms with E-state index in [0.29, 0.717) is 5.92 Å². The number of nitrogens with zero attached hydrogens (tertiary/aromatic N) is 2. The lowest BCUT2D eigenvalue weighted by molar-refractivity contribution is 0.839. The summed E-state index contributed by atoms with van der Waals surface area (Å²) in [6, 6.07) is 2.07. The maximum absolute atomic E-state index is 4.42. The van der Waals surface area contributed by atoms with Crippen LogP contribution in [0.3, 0.4) is 0 Å². The molecule has 0 radical (unpaired) electrons.